The number of methoxy groups -OCH3 is 1. The van der Waals surface area contributed by atoms with E-state index < -0.39 is 0 Å². The maximum atomic E-state index is 13.0. The minimum absolute atomic E-state index is 0.156. The molecular weight excluding hydrogens is 426 g/mol. The molecule has 0 aliphatic carbocycles. The summed E-state index contributed by atoms with van der Waals surface area (Å²) in [4.78, 5) is 35.0. The lowest BCUT2D eigenvalue weighted by Gasteiger charge is -2.08. The molecule has 0 spiro atoms. The summed E-state index contributed by atoms with van der Waals surface area (Å²) in [6, 6.07) is 13.5. The van der Waals surface area contributed by atoms with Crippen LogP contribution in [0.4, 0.5) is 0 Å². The Morgan fingerprint density at radius 1 is 1.09 bits per heavy atom. The van der Waals surface area contributed by atoms with Crippen molar-refractivity contribution >= 4 is 51.0 Å². The molecule has 0 bridgehead atoms. The molecule has 3 aromatic heterocycles. The number of H-pyrrole nitrogens is 3. The highest BCUT2D eigenvalue weighted by atomic mass is 32.1. The molecule has 4 N–H and O–H groups in total. The first-order chi connectivity index (χ1) is 15.5. The van der Waals surface area contributed by atoms with Gasteiger partial charge >= 0.3 is 0 Å². The summed E-state index contributed by atoms with van der Waals surface area (Å²) in [5, 5.41) is 4.82. The summed E-state index contributed by atoms with van der Waals surface area (Å²) in [7, 11) is 1.59. The van der Waals surface area contributed by atoms with Gasteiger partial charge in [-0.2, -0.15) is 0 Å². The zero-order valence-electron chi connectivity index (χ0n) is 17.3. The van der Waals surface area contributed by atoms with Gasteiger partial charge in [0.25, 0.3) is 5.56 Å². The standard InChI is InChI=1S/C23H21N5O3S/c1-31-14-6-7-18-16(10-14)20-21(26-18)22(30)28(23(32)27-20)12-19(29)24-9-8-13-11-25-17-5-3-2-4-15(13)17/h2-7,10-11,25-26H,8-9,12H2,1H3,(H,24,29)(H,27,32). The predicted octanol–water partition coefficient (Wildman–Crippen LogP) is 3.39. The highest BCUT2D eigenvalue weighted by Crippen LogP contribution is 2.25. The van der Waals surface area contributed by atoms with Gasteiger partial charge in [0.1, 0.15) is 17.8 Å². The lowest BCUT2D eigenvalue weighted by Crippen LogP contribution is -2.34. The Balaban J connectivity index is 1.35. The van der Waals surface area contributed by atoms with E-state index in [1.54, 1.807) is 7.11 Å². The van der Waals surface area contributed by atoms with Gasteiger partial charge in [0.2, 0.25) is 5.91 Å². The second kappa shape index (κ2) is 8.01. The third-order valence-corrected chi connectivity index (χ3v) is 5.96. The Kier molecular flexibility index (Phi) is 5.02. The first-order valence-corrected chi connectivity index (χ1v) is 10.6. The number of carbonyl (C=O) groups is 1. The number of para-hydroxylation sites is 1. The molecule has 9 heteroatoms. The van der Waals surface area contributed by atoms with Gasteiger partial charge in [-0.1, -0.05) is 18.2 Å². The zero-order valence-corrected chi connectivity index (χ0v) is 18.1. The fourth-order valence-electron chi connectivity index (χ4n) is 4.01. The summed E-state index contributed by atoms with van der Waals surface area (Å²) >= 11 is 5.38. The molecule has 5 rings (SSSR count). The third kappa shape index (κ3) is 3.46. The number of hydrogen-bond acceptors (Lipinski definition) is 4. The van der Waals surface area contributed by atoms with Crippen molar-refractivity contribution in [3.05, 3.63) is 69.3 Å². The molecule has 0 radical (unpaired) electrons. The quantitative estimate of drug-likeness (QED) is 0.299. The molecule has 0 fully saturated rings. The van der Waals surface area contributed by atoms with Crippen molar-refractivity contribution in [2.75, 3.05) is 13.7 Å². The number of hydrogen-bond donors (Lipinski definition) is 4. The second-order valence-electron chi connectivity index (χ2n) is 7.57. The Labute approximate surface area is 187 Å². The van der Waals surface area contributed by atoms with E-state index in [4.69, 9.17) is 17.0 Å². The van der Waals surface area contributed by atoms with Gasteiger partial charge in [0.15, 0.2) is 4.77 Å². The van der Waals surface area contributed by atoms with Crippen LogP contribution >= 0.6 is 12.2 Å². The van der Waals surface area contributed by atoms with E-state index in [-0.39, 0.29) is 22.8 Å². The lowest BCUT2D eigenvalue weighted by atomic mass is 10.1. The number of benzene rings is 2. The molecule has 32 heavy (non-hydrogen) atoms. The van der Waals surface area contributed by atoms with Crippen LogP contribution in [-0.2, 0) is 17.8 Å². The van der Waals surface area contributed by atoms with Gasteiger partial charge in [0.05, 0.1) is 12.6 Å². The number of amides is 1. The average Bonchev–Trinajstić information content (AvgIpc) is 3.38. The molecule has 0 atom stereocenters. The molecule has 0 aliphatic heterocycles. The van der Waals surface area contributed by atoms with Crippen LogP contribution in [0.5, 0.6) is 5.75 Å². The summed E-state index contributed by atoms with van der Waals surface area (Å²) in [5.74, 6) is 0.403. The Bertz CT molecular complexity index is 1590. The van der Waals surface area contributed by atoms with E-state index in [0.29, 0.717) is 29.7 Å². The topological polar surface area (TPSA) is 108 Å². The fourth-order valence-corrected chi connectivity index (χ4v) is 4.26. The van der Waals surface area contributed by atoms with Crippen molar-refractivity contribution in [2.24, 2.45) is 0 Å². The first-order valence-electron chi connectivity index (χ1n) is 10.2. The molecule has 0 aliphatic rings. The minimum Gasteiger partial charge on any atom is -0.497 e. The van der Waals surface area contributed by atoms with E-state index in [9.17, 15) is 9.59 Å². The van der Waals surface area contributed by atoms with E-state index in [1.807, 2.05) is 48.7 Å². The maximum Gasteiger partial charge on any atom is 0.279 e. The number of aromatic nitrogens is 4. The van der Waals surface area contributed by atoms with Gasteiger partial charge in [0, 0.05) is 34.5 Å². The van der Waals surface area contributed by atoms with E-state index >= 15 is 0 Å². The Morgan fingerprint density at radius 2 is 1.94 bits per heavy atom. The van der Waals surface area contributed by atoms with E-state index in [0.717, 1.165) is 27.4 Å². The van der Waals surface area contributed by atoms with Gasteiger partial charge in [-0.05, 0) is 48.5 Å². The summed E-state index contributed by atoms with van der Waals surface area (Å²) in [6.07, 6.45) is 2.64. The molecule has 162 valence electrons. The zero-order chi connectivity index (χ0) is 22.2. The molecule has 8 nitrogen and oxygen atoms in total. The van der Waals surface area contributed by atoms with E-state index in [1.165, 1.54) is 4.57 Å². The van der Waals surface area contributed by atoms with Crippen molar-refractivity contribution in [3.63, 3.8) is 0 Å². The fraction of sp³-hybridized carbons (Fsp3) is 0.174. The summed E-state index contributed by atoms with van der Waals surface area (Å²) in [5.41, 5.74) is 3.61. The van der Waals surface area contributed by atoms with E-state index in [2.05, 4.69) is 20.3 Å². The largest absolute Gasteiger partial charge is 0.497 e. The molecule has 2 aromatic carbocycles. The van der Waals surface area contributed by atoms with Crippen molar-refractivity contribution in [3.8, 4) is 5.75 Å². The monoisotopic (exact) mass is 447 g/mol. The third-order valence-electron chi connectivity index (χ3n) is 5.63. The highest BCUT2D eigenvalue weighted by Gasteiger charge is 2.14. The van der Waals surface area contributed by atoms with Crippen LogP contribution in [0.15, 0.2) is 53.5 Å². The number of nitrogens with zero attached hydrogens (tertiary/aromatic N) is 1. The van der Waals surface area contributed by atoms with Crippen molar-refractivity contribution in [1.82, 2.24) is 24.8 Å². The minimum atomic E-state index is -0.342. The van der Waals surface area contributed by atoms with Crippen molar-refractivity contribution in [2.45, 2.75) is 13.0 Å². The Morgan fingerprint density at radius 3 is 2.78 bits per heavy atom. The number of ether oxygens (including phenoxy) is 1. The predicted molar refractivity (Wildman–Crippen MR) is 127 cm³/mol. The van der Waals surface area contributed by atoms with Crippen LogP contribution < -0.4 is 15.6 Å². The molecule has 0 unspecified atom stereocenters. The lowest BCUT2D eigenvalue weighted by molar-refractivity contribution is -0.121. The van der Waals surface area contributed by atoms with Crippen LogP contribution in [0.2, 0.25) is 0 Å². The Hall–Kier alpha value is -3.85. The smallest absolute Gasteiger partial charge is 0.279 e. The normalized spacial score (nSPS) is 11.4. The molecule has 0 saturated carbocycles. The molecule has 1 amide bonds. The molecular formula is C23H21N5O3S. The van der Waals surface area contributed by atoms with Crippen molar-refractivity contribution < 1.29 is 9.53 Å². The average molecular weight is 448 g/mol. The summed E-state index contributed by atoms with van der Waals surface area (Å²) in [6.45, 7) is 0.303. The SMILES string of the molecule is COc1ccc2[nH]c3c(=O)n(CC(=O)NCCc4c[nH]c5ccccc45)c(=S)[nH]c3c2c1. The molecule has 5 aromatic rings. The van der Waals surface area contributed by atoms with Crippen LogP contribution in [0.3, 0.4) is 0 Å². The van der Waals surface area contributed by atoms with Gasteiger partial charge in [-0.3, -0.25) is 14.2 Å². The number of aromatic amines is 3. The van der Waals surface area contributed by atoms with Crippen LogP contribution in [-0.4, -0.2) is 39.1 Å². The second-order valence-corrected chi connectivity index (χ2v) is 7.95. The van der Waals surface area contributed by atoms with Gasteiger partial charge in [-0.25, -0.2) is 0 Å². The molecule has 0 saturated heterocycles. The number of carbonyl (C=O) groups excluding carboxylic acids is 1. The van der Waals surface area contributed by atoms with Gasteiger partial charge in [-0.15, -0.1) is 0 Å². The number of nitrogens with one attached hydrogen (secondary N) is 4. The van der Waals surface area contributed by atoms with Crippen LogP contribution in [0.1, 0.15) is 5.56 Å². The summed E-state index contributed by atoms with van der Waals surface area (Å²) < 4.78 is 6.74. The number of fused-ring (bicyclic) bond motifs is 4. The van der Waals surface area contributed by atoms with Crippen molar-refractivity contribution in [1.29, 1.82) is 0 Å². The van der Waals surface area contributed by atoms with Crippen LogP contribution in [0, 0.1) is 4.77 Å². The maximum absolute atomic E-state index is 13.0. The van der Waals surface area contributed by atoms with Crippen LogP contribution in [0.25, 0.3) is 32.8 Å². The van der Waals surface area contributed by atoms with Gasteiger partial charge < -0.3 is 25.0 Å². The first kappa shape index (κ1) is 20.1. The highest BCUT2D eigenvalue weighted by molar-refractivity contribution is 7.71. The molecule has 3 heterocycles. The number of rotatable bonds is 6.